The van der Waals surface area contributed by atoms with Crippen LogP contribution >= 0.6 is 0 Å². The molecule has 68 valence electrons. The maximum Gasteiger partial charge on any atom is 0.0898 e. The lowest BCUT2D eigenvalue weighted by molar-refractivity contribution is 0.471. The van der Waals surface area contributed by atoms with Crippen molar-refractivity contribution in [2.45, 2.75) is 32.7 Å². The Morgan fingerprint density at radius 1 is 1.58 bits per heavy atom. The van der Waals surface area contributed by atoms with Gasteiger partial charge in [0, 0.05) is 12.2 Å². The number of nitrogens with zero attached hydrogens (tertiary/aromatic N) is 3. The van der Waals surface area contributed by atoms with Crippen molar-refractivity contribution < 1.29 is 4.39 Å². The van der Waals surface area contributed by atoms with E-state index in [0.29, 0.717) is 18.9 Å². The maximum atomic E-state index is 11.8. The number of alkyl halides is 1. The molecule has 0 aliphatic carbocycles. The van der Waals surface area contributed by atoms with Gasteiger partial charge >= 0.3 is 0 Å². The summed E-state index contributed by atoms with van der Waals surface area (Å²) in [5.41, 5.74) is 0.876. The third kappa shape index (κ3) is 2.29. The van der Waals surface area contributed by atoms with Crippen molar-refractivity contribution in [3.8, 4) is 0 Å². The molecule has 12 heavy (non-hydrogen) atoms. The Morgan fingerprint density at radius 2 is 2.33 bits per heavy atom. The molecule has 3 nitrogen and oxygen atoms in total. The molecule has 0 spiro atoms. The van der Waals surface area contributed by atoms with Crippen LogP contribution in [0.1, 0.15) is 32.0 Å². The number of hydrogen-bond acceptors (Lipinski definition) is 2. The molecule has 0 saturated carbocycles. The molecular formula is C8H14FN3. The van der Waals surface area contributed by atoms with Crippen molar-refractivity contribution in [2.24, 2.45) is 0 Å². The monoisotopic (exact) mass is 170 g/mol. The second-order valence-electron chi connectivity index (χ2n) is 3.08. The molecule has 0 N–H and O–H groups in total. The van der Waals surface area contributed by atoms with Crippen LogP contribution in [0.15, 0.2) is 6.20 Å². The van der Waals surface area contributed by atoms with Gasteiger partial charge < -0.3 is 0 Å². The third-order valence-corrected chi connectivity index (χ3v) is 1.65. The number of hydrogen-bond donors (Lipinski definition) is 0. The van der Waals surface area contributed by atoms with Gasteiger partial charge in [-0.15, -0.1) is 5.10 Å². The Balaban J connectivity index is 2.52. The number of halogens is 1. The van der Waals surface area contributed by atoms with Crippen LogP contribution in [0.25, 0.3) is 0 Å². The molecule has 0 unspecified atom stereocenters. The van der Waals surface area contributed by atoms with Crippen LogP contribution in [0.3, 0.4) is 0 Å². The molecule has 0 amide bonds. The maximum absolute atomic E-state index is 11.8. The van der Waals surface area contributed by atoms with Gasteiger partial charge in [-0.3, -0.25) is 4.39 Å². The molecule has 4 heteroatoms. The molecule has 0 atom stereocenters. The Kier molecular flexibility index (Phi) is 3.19. The van der Waals surface area contributed by atoms with Crippen LogP contribution in [-0.4, -0.2) is 21.7 Å². The number of aryl methyl sites for hydroxylation is 1. The quantitative estimate of drug-likeness (QED) is 0.689. The predicted octanol–water partition coefficient (Wildman–Crippen LogP) is 1.76. The van der Waals surface area contributed by atoms with Crippen molar-refractivity contribution in [2.75, 3.05) is 6.67 Å². The normalized spacial score (nSPS) is 11.0. The van der Waals surface area contributed by atoms with E-state index in [4.69, 9.17) is 0 Å². The standard InChI is InChI=1S/C8H14FN3/c1-7(2)12-6-8(10-11-12)4-3-5-9/h6-7H,3-5H2,1-2H3/i9-1. The zero-order valence-corrected chi connectivity index (χ0v) is 7.50. The van der Waals surface area contributed by atoms with Crippen molar-refractivity contribution in [1.82, 2.24) is 15.0 Å². The Bertz CT molecular complexity index is 232. The fourth-order valence-electron chi connectivity index (χ4n) is 0.928. The number of aromatic nitrogens is 3. The first-order chi connectivity index (χ1) is 5.74. The molecule has 0 fully saturated rings. The highest BCUT2D eigenvalue weighted by Gasteiger charge is 2.02. The van der Waals surface area contributed by atoms with Crippen LogP contribution in [0.2, 0.25) is 0 Å². The summed E-state index contributed by atoms with van der Waals surface area (Å²) in [6, 6.07) is 0.330. The van der Waals surface area contributed by atoms with Gasteiger partial charge in [0.2, 0.25) is 0 Å². The fraction of sp³-hybridized carbons (Fsp3) is 0.750. The van der Waals surface area contributed by atoms with Gasteiger partial charge in [0.25, 0.3) is 0 Å². The summed E-state index contributed by atoms with van der Waals surface area (Å²) >= 11 is 0. The van der Waals surface area contributed by atoms with E-state index in [1.165, 1.54) is 0 Å². The SMILES string of the molecule is CC(C)n1cc(CCC[18F])nn1. The average Bonchev–Trinajstić information content (AvgIpc) is 2.48. The van der Waals surface area contributed by atoms with Crippen molar-refractivity contribution in [3.05, 3.63) is 11.9 Å². The van der Waals surface area contributed by atoms with E-state index in [1.54, 1.807) is 4.68 Å². The highest BCUT2D eigenvalue weighted by Crippen LogP contribution is 2.04. The Hall–Kier alpha value is -0.930. The highest BCUT2D eigenvalue weighted by atomic mass is 18.2. The predicted molar refractivity (Wildman–Crippen MR) is 44.7 cm³/mol. The smallest absolute Gasteiger partial charge is 0.0898 e. The first-order valence-electron chi connectivity index (χ1n) is 4.20. The molecule has 0 aliphatic rings. The third-order valence-electron chi connectivity index (χ3n) is 1.65. The summed E-state index contributed by atoms with van der Waals surface area (Å²) in [7, 11) is 0. The minimum atomic E-state index is -0.283. The van der Waals surface area contributed by atoms with Crippen LogP contribution in [0.4, 0.5) is 4.39 Å². The zero-order valence-electron chi connectivity index (χ0n) is 7.50. The minimum absolute atomic E-state index is 0.283. The van der Waals surface area contributed by atoms with Crippen LogP contribution < -0.4 is 0 Å². The molecule has 0 radical (unpaired) electrons. The van der Waals surface area contributed by atoms with E-state index in [2.05, 4.69) is 10.3 Å². The molecule has 0 aliphatic heterocycles. The molecule has 1 rings (SSSR count). The van der Waals surface area contributed by atoms with E-state index in [0.717, 1.165) is 5.69 Å². The average molecular weight is 170 g/mol. The summed E-state index contributed by atoms with van der Waals surface area (Å²) in [6.45, 7) is 3.79. The van der Waals surface area contributed by atoms with Gasteiger partial charge in [0.1, 0.15) is 0 Å². The van der Waals surface area contributed by atoms with Crippen LogP contribution in [0, 0.1) is 0 Å². The van der Waals surface area contributed by atoms with Crippen LogP contribution in [0.5, 0.6) is 0 Å². The number of rotatable bonds is 4. The van der Waals surface area contributed by atoms with Crippen molar-refractivity contribution in [1.29, 1.82) is 0 Å². The summed E-state index contributed by atoms with van der Waals surface area (Å²) in [4.78, 5) is 0. The van der Waals surface area contributed by atoms with Crippen molar-refractivity contribution >= 4 is 0 Å². The molecule has 0 aromatic carbocycles. The van der Waals surface area contributed by atoms with Gasteiger partial charge in [-0.25, -0.2) is 4.68 Å². The van der Waals surface area contributed by atoms with Crippen LogP contribution in [-0.2, 0) is 6.42 Å². The highest BCUT2D eigenvalue weighted by molar-refractivity contribution is 4.92. The molecule has 0 saturated heterocycles. The fourth-order valence-corrected chi connectivity index (χ4v) is 0.928. The zero-order chi connectivity index (χ0) is 8.97. The summed E-state index contributed by atoms with van der Waals surface area (Å²) in [5.74, 6) is 0. The van der Waals surface area contributed by atoms with E-state index in [9.17, 15) is 4.39 Å². The summed E-state index contributed by atoms with van der Waals surface area (Å²) < 4.78 is 13.6. The van der Waals surface area contributed by atoms with Gasteiger partial charge in [-0.05, 0) is 26.7 Å². The summed E-state index contributed by atoms with van der Waals surface area (Å²) in [5, 5.41) is 7.83. The minimum Gasteiger partial charge on any atom is -0.251 e. The molecule has 1 heterocycles. The van der Waals surface area contributed by atoms with E-state index in [1.807, 2.05) is 20.0 Å². The van der Waals surface area contributed by atoms with Gasteiger partial charge in [0.05, 0.1) is 12.4 Å². The Labute approximate surface area is 71.6 Å². The van der Waals surface area contributed by atoms with Gasteiger partial charge in [-0.2, -0.15) is 0 Å². The topological polar surface area (TPSA) is 30.7 Å². The first kappa shape index (κ1) is 9.16. The van der Waals surface area contributed by atoms with Crippen molar-refractivity contribution in [3.63, 3.8) is 0 Å². The summed E-state index contributed by atoms with van der Waals surface area (Å²) in [6.07, 6.45) is 3.10. The van der Waals surface area contributed by atoms with E-state index < -0.39 is 0 Å². The second-order valence-corrected chi connectivity index (χ2v) is 3.08. The molecule has 1 aromatic heterocycles. The lowest BCUT2D eigenvalue weighted by atomic mass is 10.3. The molecule has 0 bridgehead atoms. The Morgan fingerprint density at radius 3 is 2.83 bits per heavy atom. The molecular weight excluding hydrogens is 156 g/mol. The largest absolute Gasteiger partial charge is 0.251 e. The first-order valence-corrected chi connectivity index (χ1v) is 4.20. The van der Waals surface area contributed by atoms with Gasteiger partial charge in [-0.1, -0.05) is 5.21 Å². The second kappa shape index (κ2) is 4.18. The lowest BCUT2D eigenvalue weighted by Gasteiger charge is -2.00. The van der Waals surface area contributed by atoms with E-state index in [-0.39, 0.29) is 6.67 Å². The lowest BCUT2D eigenvalue weighted by Crippen LogP contribution is -2.00. The van der Waals surface area contributed by atoms with E-state index >= 15 is 0 Å². The van der Waals surface area contributed by atoms with Gasteiger partial charge in [0.15, 0.2) is 0 Å². The molecule has 1 aromatic rings.